The maximum atomic E-state index is 12.5. The molecule has 2 saturated heterocycles. The molecule has 7 heteroatoms. The number of nitrogens with zero attached hydrogens (tertiary/aromatic N) is 3. The molecule has 0 aromatic carbocycles. The summed E-state index contributed by atoms with van der Waals surface area (Å²) < 4.78 is 11.2. The molecule has 0 aromatic heterocycles. The molecule has 0 saturated carbocycles. The van der Waals surface area contributed by atoms with Crippen molar-refractivity contribution in [2.24, 2.45) is 10.4 Å². The van der Waals surface area contributed by atoms with Crippen LogP contribution in [0, 0.1) is 5.41 Å². The lowest BCUT2D eigenvalue weighted by molar-refractivity contribution is -0.142. The van der Waals surface area contributed by atoms with Crippen LogP contribution in [0.15, 0.2) is 4.99 Å². The number of methoxy groups -OCH3 is 1. The highest BCUT2D eigenvalue weighted by Gasteiger charge is 2.31. The molecule has 2 fully saturated rings. The first kappa shape index (κ1) is 21.0. The highest BCUT2D eigenvalue weighted by molar-refractivity contribution is 5.82. The van der Waals surface area contributed by atoms with Crippen LogP contribution in [0.4, 0.5) is 0 Å². The fraction of sp³-hybridized carbons (Fsp3) is 0.895. The third kappa shape index (κ3) is 5.58. The highest BCUT2D eigenvalue weighted by atomic mass is 16.5. The zero-order valence-corrected chi connectivity index (χ0v) is 17.1. The van der Waals surface area contributed by atoms with E-state index in [4.69, 9.17) is 14.5 Å². The predicted molar refractivity (Wildman–Crippen MR) is 103 cm³/mol. The Morgan fingerprint density at radius 1 is 1.27 bits per heavy atom. The summed E-state index contributed by atoms with van der Waals surface area (Å²) in [5.41, 5.74) is 0.0436. The molecule has 1 amide bonds. The van der Waals surface area contributed by atoms with E-state index in [0.717, 1.165) is 51.5 Å². The second-order valence-electron chi connectivity index (χ2n) is 8.10. The van der Waals surface area contributed by atoms with E-state index in [1.807, 2.05) is 4.90 Å². The number of carbonyl (C=O) groups excluding carboxylic acids is 1. The first-order chi connectivity index (χ1) is 12.4. The summed E-state index contributed by atoms with van der Waals surface area (Å²) in [5, 5.41) is 3.37. The Bertz CT molecular complexity index is 476. The van der Waals surface area contributed by atoms with E-state index < -0.39 is 0 Å². The Hall–Kier alpha value is -1.34. The second-order valence-corrected chi connectivity index (χ2v) is 8.10. The molecule has 0 radical (unpaired) electrons. The summed E-state index contributed by atoms with van der Waals surface area (Å²) in [6.07, 6.45) is 1.69. The minimum Gasteiger partial charge on any atom is -0.379 e. The average molecular weight is 369 g/mol. The maximum absolute atomic E-state index is 12.5. The summed E-state index contributed by atoms with van der Waals surface area (Å²) >= 11 is 0. The smallest absolute Gasteiger partial charge is 0.251 e. The van der Waals surface area contributed by atoms with Crippen molar-refractivity contribution in [1.82, 2.24) is 15.1 Å². The van der Waals surface area contributed by atoms with Gasteiger partial charge in [0.25, 0.3) is 5.91 Å². The maximum Gasteiger partial charge on any atom is 0.251 e. The lowest BCUT2D eigenvalue weighted by atomic mass is 9.89. The highest BCUT2D eigenvalue weighted by Crippen LogP contribution is 2.22. The Morgan fingerprint density at radius 3 is 2.42 bits per heavy atom. The SMILES string of the molecule is CCNC(=NCC(OC)C(C)(C)C)N1CCN(C(=O)C2CCCO2)CC1. The number of hydrogen-bond acceptors (Lipinski definition) is 4. The van der Waals surface area contributed by atoms with Crippen molar-refractivity contribution in [3.8, 4) is 0 Å². The third-order valence-electron chi connectivity index (χ3n) is 5.09. The van der Waals surface area contributed by atoms with Crippen LogP contribution < -0.4 is 5.32 Å². The molecular weight excluding hydrogens is 332 g/mol. The quantitative estimate of drug-likeness (QED) is 0.586. The van der Waals surface area contributed by atoms with Crippen molar-refractivity contribution in [3.63, 3.8) is 0 Å². The summed E-state index contributed by atoms with van der Waals surface area (Å²) in [5.74, 6) is 1.05. The number of hydrogen-bond donors (Lipinski definition) is 1. The molecule has 2 rings (SSSR count). The normalized spacial score (nSPS) is 23.3. The third-order valence-corrected chi connectivity index (χ3v) is 5.09. The van der Waals surface area contributed by atoms with Gasteiger partial charge in [0, 0.05) is 46.4 Å². The molecule has 2 atom stereocenters. The molecule has 1 N–H and O–H groups in total. The number of carbonyl (C=O) groups is 1. The van der Waals surface area contributed by atoms with Gasteiger partial charge in [-0.3, -0.25) is 9.79 Å². The van der Waals surface area contributed by atoms with Gasteiger partial charge in [-0.25, -0.2) is 0 Å². The molecular formula is C19H36N4O3. The molecule has 2 aliphatic heterocycles. The van der Waals surface area contributed by atoms with Crippen LogP contribution in [-0.4, -0.2) is 86.9 Å². The number of rotatable bonds is 5. The monoisotopic (exact) mass is 368 g/mol. The Labute approximate surface area is 158 Å². The second kappa shape index (κ2) is 9.55. The first-order valence-corrected chi connectivity index (χ1v) is 9.83. The van der Waals surface area contributed by atoms with E-state index in [-0.39, 0.29) is 23.5 Å². The molecule has 150 valence electrons. The average Bonchev–Trinajstić information content (AvgIpc) is 3.14. The van der Waals surface area contributed by atoms with Gasteiger partial charge in [-0.2, -0.15) is 0 Å². The van der Waals surface area contributed by atoms with Gasteiger partial charge in [-0.05, 0) is 25.2 Å². The van der Waals surface area contributed by atoms with Crippen molar-refractivity contribution in [1.29, 1.82) is 0 Å². The minimum absolute atomic E-state index is 0.0436. The van der Waals surface area contributed by atoms with E-state index in [9.17, 15) is 4.79 Å². The number of piperazine rings is 1. The van der Waals surface area contributed by atoms with Crippen LogP contribution in [0.25, 0.3) is 0 Å². The van der Waals surface area contributed by atoms with Gasteiger partial charge in [0.05, 0.1) is 12.6 Å². The van der Waals surface area contributed by atoms with Crippen molar-refractivity contribution in [2.75, 3.05) is 53.0 Å². The molecule has 2 heterocycles. The van der Waals surface area contributed by atoms with Gasteiger partial charge >= 0.3 is 0 Å². The Kier molecular flexibility index (Phi) is 7.70. The van der Waals surface area contributed by atoms with Gasteiger partial charge in [0.15, 0.2) is 5.96 Å². The standard InChI is InChI=1S/C19H36N4O3/c1-6-20-18(21-14-16(25-5)19(2,3)4)23-11-9-22(10-12-23)17(24)15-8-7-13-26-15/h15-16H,6-14H2,1-5H3,(H,20,21). The van der Waals surface area contributed by atoms with Gasteiger partial charge in [-0.15, -0.1) is 0 Å². The van der Waals surface area contributed by atoms with Crippen LogP contribution in [-0.2, 0) is 14.3 Å². The zero-order chi connectivity index (χ0) is 19.2. The molecule has 26 heavy (non-hydrogen) atoms. The van der Waals surface area contributed by atoms with Crippen molar-refractivity contribution in [3.05, 3.63) is 0 Å². The largest absolute Gasteiger partial charge is 0.379 e. The van der Waals surface area contributed by atoms with Crippen LogP contribution in [0.3, 0.4) is 0 Å². The van der Waals surface area contributed by atoms with Crippen molar-refractivity contribution in [2.45, 2.75) is 52.7 Å². The van der Waals surface area contributed by atoms with Gasteiger partial charge in [0.1, 0.15) is 6.10 Å². The summed E-state index contributed by atoms with van der Waals surface area (Å²) in [4.78, 5) is 21.5. The number of nitrogens with one attached hydrogen (secondary N) is 1. The molecule has 7 nitrogen and oxygen atoms in total. The van der Waals surface area contributed by atoms with Gasteiger partial charge < -0.3 is 24.6 Å². The lowest BCUT2D eigenvalue weighted by Crippen LogP contribution is -2.55. The van der Waals surface area contributed by atoms with Gasteiger partial charge in [0.2, 0.25) is 0 Å². The molecule has 0 bridgehead atoms. The molecule has 2 aliphatic rings. The molecule has 0 spiro atoms. The number of guanidine groups is 1. The molecule has 0 aliphatic carbocycles. The zero-order valence-electron chi connectivity index (χ0n) is 17.1. The van der Waals surface area contributed by atoms with E-state index in [1.165, 1.54) is 0 Å². The van der Waals surface area contributed by atoms with Gasteiger partial charge in [-0.1, -0.05) is 20.8 Å². The summed E-state index contributed by atoms with van der Waals surface area (Å²) in [6.45, 7) is 13.7. The fourth-order valence-corrected chi connectivity index (χ4v) is 3.41. The number of aliphatic imine (C=N–C) groups is 1. The van der Waals surface area contributed by atoms with E-state index in [0.29, 0.717) is 13.2 Å². The van der Waals surface area contributed by atoms with Crippen molar-refractivity contribution >= 4 is 11.9 Å². The van der Waals surface area contributed by atoms with E-state index >= 15 is 0 Å². The first-order valence-electron chi connectivity index (χ1n) is 9.83. The summed E-state index contributed by atoms with van der Waals surface area (Å²) in [7, 11) is 1.74. The van der Waals surface area contributed by atoms with Crippen LogP contribution in [0.5, 0.6) is 0 Å². The Morgan fingerprint density at radius 2 is 1.92 bits per heavy atom. The van der Waals surface area contributed by atoms with E-state index in [2.05, 4.69) is 37.9 Å². The molecule has 0 aromatic rings. The molecule has 2 unspecified atom stereocenters. The van der Waals surface area contributed by atoms with Crippen LogP contribution >= 0.6 is 0 Å². The summed E-state index contributed by atoms with van der Waals surface area (Å²) in [6, 6.07) is 0. The predicted octanol–water partition coefficient (Wildman–Crippen LogP) is 1.34. The minimum atomic E-state index is -0.224. The topological polar surface area (TPSA) is 66.4 Å². The number of amides is 1. The Balaban J connectivity index is 1.92. The van der Waals surface area contributed by atoms with E-state index in [1.54, 1.807) is 7.11 Å². The van der Waals surface area contributed by atoms with Crippen LogP contribution in [0.2, 0.25) is 0 Å². The van der Waals surface area contributed by atoms with Crippen LogP contribution in [0.1, 0.15) is 40.5 Å². The van der Waals surface area contributed by atoms with Crippen molar-refractivity contribution < 1.29 is 14.3 Å². The number of ether oxygens (including phenoxy) is 2. The fourth-order valence-electron chi connectivity index (χ4n) is 3.41. The lowest BCUT2D eigenvalue weighted by Gasteiger charge is -2.37.